The zero-order valence-electron chi connectivity index (χ0n) is 8.26. The lowest BCUT2D eigenvalue weighted by molar-refractivity contribution is 0.198. The van der Waals surface area contributed by atoms with Crippen molar-refractivity contribution in [3.63, 3.8) is 0 Å². The maximum Gasteiger partial charge on any atom is 0.0466 e. The van der Waals surface area contributed by atoms with Crippen molar-refractivity contribution in [3.05, 3.63) is 0 Å². The van der Waals surface area contributed by atoms with E-state index < -0.39 is 0 Å². The zero-order valence-corrected chi connectivity index (χ0v) is 8.26. The van der Waals surface area contributed by atoms with Gasteiger partial charge < -0.3 is 15.6 Å². The number of hydrogen-bond donors (Lipinski definition) is 2. The van der Waals surface area contributed by atoms with Crippen molar-refractivity contribution in [2.75, 3.05) is 27.4 Å². The van der Waals surface area contributed by atoms with Gasteiger partial charge in [0.2, 0.25) is 0 Å². The summed E-state index contributed by atoms with van der Waals surface area (Å²) in [5.74, 6) is 0. The van der Waals surface area contributed by atoms with Gasteiger partial charge in [-0.2, -0.15) is 0 Å². The summed E-state index contributed by atoms with van der Waals surface area (Å²) in [7, 11) is 2.50. The molecule has 11 heavy (non-hydrogen) atoms. The number of rotatable bonds is 0. The Morgan fingerprint density at radius 1 is 1.00 bits per heavy atom. The van der Waals surface area contributed by atoms with Crippen LogP contribution in [0.2, 0.25) is 0 Å². The molecule has 0 bridgehead atoms. The third-order valence-electron chi connectivity index (χ3n) is 0.827. The van der Waals surface area contributed by atoms with Gasteiger partial charge in [-0.25, -0.2) is 0 Å². The largest absolute Gasteiger partial charge is 0.400 e. The second kappa shape index (κ2) is 32.7. The second-order valence-corrected chi connectivity index (χ2v) is 1.32. The predicted octanol–water partition coefficient (Wildman–Crippen LogP) is 1.01. The molecule has 1 aliphatic heterocycles. The molecule has 72 valence electrons. The summed E-state index contributed by atoms with van der Waals surface area (Å²) in [6, 6.07) is 0. The molecule has 3 N–H and O–H groups in total. The zero-order chi connectivity index (χ0) is 9.54. The van der Waals surface area contributed by atoms with E-state index in [1.807, 2.05) is 13.8 Å². The molecule has 0 unspecified atom stereocenters. The fourth-order valence-corrected chi connectivity index (χ4v) is 0.510. The van der Waals surface area contributed by atoms with Crippen molar-refractivity contribution in [1.82, 2.24) is 0 Å². The van der Waals surface area contributed by atoms with Gasteiger partial charge >= 0.3 is 0 Å². The molecule has 0 aromatic carbocycles. The molecule has 0 atom stereocenters. The summed E-state index contributed by atoms with van der Waals surface area (Å²) >= 11 is 0. The maximum absolute atomic E-state index is 7.00. The summed E-state index contributed by atoms with van der Waals surface area (Å²) in [6.07, 6.45) is 2.56. The Bertz CT molecular complexity index is 23.7. The van der Waals surface area contributed by atoms with Gasteiger partial charge in [0.25, 0.3) is 0 Å². The Balaban J connectivity index is -0.0000000933. The Kier molecular flexibility index (Phi) is 50.9. The van der Waals surface area contributed by atoms with Crippen LogP contribution in [0.4, 0.5) is 0 Å². The van der Waals surface area contributed by atoms with Crippen LogP contribution >= 0.6 is 0 Å². The van der Waals surface area contributed by atoms with Crippen LogP contribution in [0.15, 0.2) is 0 Å². The minimum absolute atomic E-state index is 1.00. The topological polar surface area (TPSA) is 55.5 Å². The van der Waals surface area contributed by atoms with Gasteiger partial charge in [-0.05, 0) is 19.9 Å². The fourth-order valence-electron chi connectivity index (χ4n) is 0.510. The van der Waals surface area contributed by atoms with Gasteiger partial charge in [-0.1, -0.05) is 13.8 Å². The molecule has 3 nitrogen and oxygen atoms in total. The summed E-state index contributed by atoms with van der Waals surface area (Å²) in [5.41, 5.74) is 4.50. The van der Waals surface area contributed by atoms with Crippen LogP contribution in [0.5, 0.6) is 0 Å². The van der Waals surface area contributed by atoms with Crippen LogP contribution in [0, 0.1) is 0 Å². The fraction of sp³-hybridized carbons (Fsp3) is 1.00. The van der Waals surface area contributed by atoms with Crippen LogP contribution in [-0.4, -0.2) is 32.5 Å². The van der Waals surface area contributed by atoms with E-state index in [4.69, 9.17) is 9.84 Å². The number of aliphatic hydroxyl groups excluding tert-OH is 1. The molecule has 1 fully saturated rings. The van der Waals surface area contributed by atoms with Gasteiger partial charge in [0.15, 0.2) is 0 Å². The van der Waals surface area contributed by atoms with E-state index in [0.717, 1.165) is 20.3 Å². The SMILES string of the molecule is C1CCOC1.CC.CN.CO. The highest BCUT2D eigenvalue weighted by atomic mass is 16.5. The first-order valence-electron chi connectivity index (χ1n) is 4.10. The molecule has 0 aliphatic carbocycles. The van der Waals surface area contributed by atoms with Gasteiger partial charge in [0.05, 0.1) is 0 Å². The Labute approximate surface area is 70.6 Å². The Hall–Kier alpha value is -0.120. The second-order valence-electron chi connectivity index (χ2n) is 1.32. The van der Waals surface area contributed by atoms with E-state index in [0.29, 0.717) is 0 Å². The lowest BCUT2D eigenvalue weighted by atomic mass is 10.4. The lowest BCUT2D eigenvalue weighted by Gasteiger charge is -1.76. The standard InChI is InChI=1S/C4H8O.C2H6.CH5N.CH4O/c1-2-4-5-3-1;3*1-2/h1-4H2;1-2H3;2H2,1H3;2H,1H3. The molecular weight excluding hydrogens is 142 g/mol. The Morgan fingerprint density at radius 2 is 1.27 bits per heavy atom. The maximum atomic E-state index is 7.00. The van der Waals surface area contributed by atoms with Crippen LogP contribution in [-0.2, 0) is 4.74 Å². The molecule has 0 radical (unpaired) electrons. The van der Waals surface area contributed by atoms with E-state index in [1.165, 1.54) is 19.9 Å². The monoisotopic (exact) mass is 165 g/mol. The van der Waals surface area contributed by atoms with Gasteiger partial charge in [-0.15, -0.1) is 0 Å². The molecule has 0 saturated carbocycles. The molecule has 1 aliphatic rings. The number of ether oxygens (including phenoxy) is 1. The van der Waals surface area contributed by atoms with E-state index in [2.05, 4.69) is 5.73 Å². The number of nitrogens with two attached hydrogens (primary N) is 1. The number of aliphatic hydroxyl groups is 1. The van der Waals surface area contributed by atoms with Gasteiger partial charge in [-0.3, -0.25) is 0 Å². The minimum Gasteiger partial charge on any atom is -0.400 e. The highest BCUT2D eigenvalue weighted by Crippen LogP contribution is 1.98. The van der Waals surface area contributed by atoms with E-state index in [-0.39, 0.29) is 0 Å². The first-order valence-corrected chi connectivity index (χ1v) is 4.10. The van der Waals surface area contributed by atoms with Crippen molar-refractivity contribution in [2.24, 2.45) is 5.73 Å². The smallest absolute Gasteiger partial charge is 0.0466 e. The highest BCUT2D eigenvalue weighted by Gasteiger charge is 1.94. The average molecular weight is 165 g/mol. The van der Waals surface area contributed by atoms with Crippen molar-refractivity contribution in [1.29, 1.82) is 0 Å². The molecule has 3 heteroatoms. The molecule has 1 heterocycles. The van der Waals surface area contributed by atoms with Crippen LogP contribution < -0.4 is 5.73 Å². The lowest BCUT2D eigenvalue weighted by Crippen LogP contribution is -1.74. The quantitative estimate of drug-likeness (QED) is 0.563. The first kappa shape index (κ1) is 17.1. The summed E-state index contributed by atoms with van der Waals surface area (Å²) in [4.78, 5) is 0. The molecule has 0 amide bonds. The molecule has 0 aromatic heterocycles. The van der Waals surface area contributed by atoms with Crippen LogP contribution in [0.3, 0.4) is 0 Å². The molecule has 1 rings (SSSR count). The van der Waals surface area contributed by atoms with E-state index >= 15 is 0 Å². The van der Waals surface area contributed by atoms with Gasteiger partial charge in [0, 0.05) is 20.3 Å². The van der Waals surface area contributed by atoms with E-state index in [9.17, 15) is 0 Å². The van der Waals surface area contributed by atoms with Crippen LogP contribution in [0.25, 0.3) is 0 Å². The molecular formula is C8H23NO2. The molecule has 0 spiro atoms. The highest BCUT2D eigenvalue weighted by molar-refractivity contribution is 4.43. The third kappa shape index (κ3) is 25.8. The number of hydrogen-bond acceptors (Lipinski definition) is 3. The van der Waals surface area contributed by atoms with Crippen molar-refractivity contribution in [2.45, 2.75) is 26.7 Å². The summed E-state index contributed by atoms with van der Waals surface area (Å²) in [5, 5.41) is 7.00. The molecule has 1 saturated heterocycles. The van der Waals surface area contributed by atoms with Crippen molar-refractivity contribution < 1.29 is 9.84 Å². The first-order chi connectivity index (χ1) is 5.50. The third-order valence-corrected chi connectivity index (χ3v) is 0.827. The van der Waals surface area contributed by atoms with Crippen molar-refractivity contribution >= 4 is 0 Å². The van der Waals surface area contributed by atoms with Crippen molar-refractivity contribution in [3.8, 4) is 0 Å². The average Bonchev–Trinajstić information content (AvgIpc) is 2.71. The summed E-state index contributed by atoms with van der Waals surface area (Å²) < 4.78 is 4.94. The van der Waals surface area contributed by atoms with Crippen LogP contribution in [0.1, 0.15) is 26.7 Å². The van der Waals surface area contributed by atoms with E-state index in [1.54, 1.807) is 0 Å². The summed E-state index contributed by atoms with van der Waals surface area (Å²) in [6.45, 7) is 6.00. The Morgan fingerprint density at radius 3 is 1.36 bits per heavy atom. The minimum atomic E-state index is 1.00. The predicted molar refractivity (Wildman–Crippen MR) is 49.7 cm³/mol. The molecule has 0 aromatic rings. The normalized spacial score (nSPS) is 12.5. The van der Waals surface area contributed by atoms with Gasteiger partial charge in [0.1, 0.15) is 0 Å².